The lowest BCUT2D eigenvalue weighted by atomic mass is 9.98. The first-order valence-corrected chi connectivity index (χ1v) is 6.81. The molecule has 1 aromatic rings. The van der Waals surface area contributed by atoms with Crippen LogP contribution in [0.1, 0.15) is 27.1 Å². The maximum absolute atomic E-state index is 12.2. The Balaban J connectivity index is 2.13. The van der Waals surface area contributed by atoms with Gasteiger partial charge in [0.1, 0.15) is 0 Å². The van der Waals surface area contributed by atoms with Crippen molar-refractivity contribution in [1.29, 1.82) is 0 Å². The molecule has 1 fully saturated rings. The molecule has 1 saturated heterocycles. The van der Waals surface area contributed by atoms with E-state index in [1.165, 1.54) is 29.2 Å². The highest BCUT2D eigenvalue weighted by Gasteiger charge is 2.44. The number of benzene rings is 1. The lowest BCUT2D eigenvalue weighted by Gasteiger charge is -2.23. The number of carboxylic acids is 1. The van der Waals surface area contributed by atoms with Crippen LogP contribution in [0.3, 0.4) is 0 Å². The van der Waals surface area contributed by atoms with Gasteiger partial charge in [-0.1, -0.05) is 0 Å². The van der Waals surface area contributed by atoms with Gasteiger partial charge in [0.2, 0.25) is 0 Å². The molecule has 2 N–H and O–H groups in total. The number of carboxylic acid groups (broad SMARTS) is 1. The Labute approximate surface area is 127 Å². The summed E-state index contributed by atoms with van der Waals surface area (Å²) in [6.45, 7) is 0.244. The van der Waals surface area contributed by atoms with Crippen molar-refractivity contribution >= 4 is 17.8 Å². The summed E-state index contributed by atoms with van der Waals surface area (Å²) in [5.74, 6) is -1.78. The number of hydrogen-bond donors (Lipinski definition) is 2. The molecule has 1 heterocycles. The first kappa shape index (κ1) is 16.0. The number of rotatable bonds is 4. The molecule has 1 atom stereocenters. The minimum absolute atomic E-state index is 0.0503. The Morgan fingerprint density at radius 3 is 2.23 bits per heavy atom. The van der Waals surface area contributed by atoms with Gasteiger partial charge in [-0.05, 0) is 24.3 Å². The Bertz CT molecular complexity index is 588. The first-order chi connectivity index (χ1) is 10.4. The van der Waals surface area contributed by atoms with E-state index in [9.17, 15) is 19.5 Å². The zero-order chi connectivity index (χ0) is 16.3. The minimum atomic E-state index is -1.38. The number of hydrogen-bond acceptors (Lipinski definition) is 4. The molecule has 1 aliphatic rings. The molecule has 1 aromatic carbocycles. The van der Waals surface area contributed by atoms with Crippen molar-refractivity contribution in [2.24, 2.45) is 0 Å². The van der Waals surface area contributed by atoms with E-state index in [1.54, 1.807) is 14.1 Å². The summed E-state index contributed by atoms with van der Waals surface area (Å²) < 4.78 is 5.09. The molecule has 118 valence electrons. The number of nitrogens with one attached hydrogen (secondary N) is 1. The highest BCUT2D eigenvalue weighted by molar-refractivity contribution is 5.99. The fraction of sp³-hybridized carbons (Fsp3) is 0.400. The third kappa shape index (κ3) is 3.09. The Kier molecular flexibility index (Phi) is 4.46. The van der Waals surface area contributed by atoms with Gasteiger partial charge >= 0.3 is 5.97 Å². The van der Waals surface area contributed by atoms with Gasteiger partial charge in [0, 0.05) is 38.2 Å². The maximum Gasteiger partial charge on any atom is 0.331 e. The van der Waals surface area contributed by atoms with Crippen LogP contribution < -0.4 is 5.32 Å². The second kappa shape index (κ2) is 6.15. The number of ether oxygens (including phenoxy) is 1. The van der Waals surface area contributed by atoms with E-state index >= 15 is 0 Å². The van der Waals surface area contributed by atoms with Crippen molar-refractivity contribution in [2.75, 3.05) is 27.3 Å². The Morgan fingerprint density at radius 2 is 1.77 bits per heavy atom. The van der Waals surface area contributed by atoms with Crippen molar-refractivity contribution in [1.82, 2.24) is 10.2 Å². The third-order valence-corrected chi connectivity index (χ3v) is 3.58. The van der Waals surface area contributed by atoms with E-state index in [4.69, 9.17) is 4.74 Å². The molecule has 2 amide bonds. The van der Waals surface area contributed by atoms with Gasteiger partial charge in [-0.3, -0.25) is 9.59 Å². The van der Waals surface area contributed by atoms with Crippen LogP contribution in [0.4, 0.5) is 0 Å². The van der Waals surface area contributed by atoms with Crippen LogP contribution in [0.25, 0.3) is 0 Å². The average molecular weight is 306 g/mol. The first-order valence-electron chi connectivity index (χ1n) is 6.81. The van der Waals surface area contributed by atoms with E-state index < -0.39 is 17.4 Å². The van der Waals surface area contributed by atoms with E-state index in [-0.39, 0.29) is 18.9 Å². The van der Waals surface area contributed by atoms with Gasteiger partial charge in [0.05, 0.1) is 6.61 Å². The molecule has 0 spiro atoms. The Hall–Kier alpha value is -2.41. The number of amides is 2. The predicted octanol–water partition coefficient (Wildman–Crippen LogP) is 0.362. The predicted molar refractivity (Wildman–Crippen MR) is 77.7 cm³/mol. The summed E-state index contributed by atoms with van der Waals surface area (Å²) in [7, 11) is 3.28. The zero-order valence-corrected chi connectivity index (χ0v) is 12.5. The lowest BCUT2D eigenvalue weighted by Crippen LogP contribution is -2.55. The molecule has 0 bridgehead atoms. The molecule has 0 aliphatic carbocycles. The topological polar surface area (TPSA) is 95.9 Å². The molecule has 0 aromatic heterocycles. The monoisotopic (exact) mass is 306 g/mol. The standard InChI is InChI=1S/C15H18N2O5/c1-17(2)13(19)11-5-3-10(4-6-11)12(18)16-15(14(20)21)7-8-22-9-15/h3-6H,7-9H2,1-2H3,(H,16,18)(H,20,21). The summed E-state index contributed by atoms with van der Waals surface area (Å²) >= 11 is 0. The van der Waals surface area contributed by atoms with Gasteiger partial charge in [0.15, 0.2) is 5.54 Å². The number of aliphatic carboxylic acids is 1. The van der Waals surface area contributed by atoms with Crippen LogP contribution in [0, 0.1) is 0 Å². The molecule has 22 heavy (non-hydrogen) atoms. The maximum atomic E-state index is 12.2. The average Bonchev–Trinajstić information content (AvgIpc) is 2.96. The Morgan fingerprint density at radius 1 is 1.18 bits per heavy atom. The number of nitrogens with zero attached hydrogens (tertiary/aromatic N) is 1. The lowest BCUT2D eigenvalue weighted by molar-refractivity contribution is -0.144. The van der Waals surface area contributed by atoms with Gasteiger partial charge in [0.25, 0.3) is 11.8 Å². The summed E-state index contributed by atoms with van der Waals surface area (Å²) in [6.07, 6.45) is 0.227. The summed E-state index contributed by atoms with van der Waals surface area (Å²) in [6, 6.07) is 6.07. The summed E-state index contributed by atoms with van der Waals surface area (Å²) in [5, 5.41) is 11.8. The second-order valence-electron chi connectivity index (χ2n) is 5.42. The highest BCUT2D eigenvalue weighted by Crippen LogP contribution is 2.20. The van der Waals surface area contributed by atoms with Gasteiger partial charge in [-0.25, -0.2) is 4.79 Å². The summed E-state index contributed by atoms with van der Waals surface area (Å²) in [5.41, 5.74) is -0.628. The van der Waals surface area contributed by atoms with Crippen LogP contribution in [-0.4, -0.2) is 60.6 Å². The molecule has 0 radical (unpaired) electrons. The van der Waals surface area contributed by atoms with Crippen molar-refractivity contribution in [3.63, 3.8) is 0 Å². The van der Waals surface area contributed by atoms with E-state index in [0.29, 0.717) is 17.7 Å². The second-order valence-corrected chi connectivity index (χ2v) is 5.42. The molecule has 1 aliphatic heterocycles. The largest absolute Gasteiger partial charge is 0.479 e. The molecule has 0 saturated carbocycles. The quantitative estimate of drug-likeness (QED) is 0.837. The van der Waals surface area contributed by atoms with Gasteiger partial charge in [-0.15, -0.1) is 0 Å². The number of carbonyl (C=O) groups is 3. The SMILES string of the molecule is CN(C)C(=O)c1ccc(C(=O)NC2(C(=O)O)CCOC2)cc1. The molecule has 1 unspecified atom stereocenters. The highest BCUT2D eigenvalue weighted by atomic mass is 16.5. The van der Waals surface area contributed by atoms with Crippen molar-refractivity contribution in [3.05, 3.63) is 35.4 Å². The van der Waals surface area contributed by atoms with E-state index in [2.05, 4.69) is 5.32 Å². The number of carbonyl (C=O) groups excluding carboxylic acids is 2. The fourth-order valence-corrected chi connectivity index (χ4v) is 2.20. The normalized spacial score (nSPS) is 20.5. The van der Waals surface area contributed by atoms with Crippen molar-refractivity contribution in [3.8, 4) is 0 Å². The smallest absolute Gasteiger partial charge is 0.331 e. The van der Waals surface area contributed by atoms with Crippen LogP contribution >= 0.6 is 0 Å². The van der Waals surface area contributed by atoms with Crippen LogP contribution in [0.5, 0.6) is 0 Å². The third-order valence-electron chi connectivity index (χ3n) is 3.58. The summed E-state index contributed by atoms with van der Waals surface area (Å²) in [4.78, 5) is 36.8. The van der Waals surface area contributed by atoms with Crippen LogP contribution in [0.2, 0.25) is 0 Å². The molecule has 2 rings (SSSR count). The van der Waals surface area contributed by atoms with E-state index in [0.717, 1.165) is 0 Å². The molecular weight excluding hydrogens is 288 g/mol. The molecule has 7 heteroatoms. The minimum Gasteiger partial charge on any atom is -0.479 e. The van der Waals surface area contributed by atoms with E-state index in [1.807, 2.05) is 0 Å². The molecular formula is C15H18N2O5. The molecule has 7 nitrogen and oxygen atoms in total. The van der Waals surface area contributed by atoms with Crippen LogP contribution in [0.15, 0.2) is 24.3 Å². The van der Waals surface area contributed by atoms with Crippen LogP contribution in [-0.2, 0) is 9.53 Å². The zero-order valence-electron chi connectivity index (χ0n) is 12.5. The van der Waals surface area contributed by atoms with Crippen molar-refractivity contribution in [2.45, 2.75) is 12.0 Å². The van der Waals surface area contributed by atoms with Crippen molar-refractivity contribution < 1.29 is 24.2 Å². The van der Waals surface area contributed by atoms with Gasteiger partial charge < -0.3 is 20.1 Å². The fourth-order valence-electron chi connectivity index (χ4n) is 2.20. The van der Waals surface area contributed by atoms with Gasteiger partial charge in [-0.2, -0.15) is 0 Å².